The Kier molecular flexibility index (Phi) is 5.36. The Labute approximate surface area is 194 Å². The van der Waals surface area contributed by atoms with Gasteiger partial charge in [-0.2, -0.15) is 9.97 Å². The van der Waals surface area contributed by atoms with Gasteiger partial charge in [0.25, 0.3) is 0 Å². The minimum Gasteiger partial charge on any atom is -0.356 e. The molecule has 4 aromatic heterocycles. The number of hydrogen-bond donors (Lipinski definition) is 2. The van der Waals surface area contributed by atoms with Crippen LogP contribution in [0.15, 0.2) is 48.9 Å². The van der Waals surface area contributed by atoms with E-state index in [1.54, 1.807) is 6.20 Å². The van der Waals surface area contributed by atoms with Crippen LogP contribution in [-0.2, 0) is 0 Å². The van der Waals surface area contributed by atoms with E-state index in [2.05, 4.69) is 52.3 Å². The lowest BCUT2D eigenvalue weighted by Gasteiger charge is -2.38. The van der Waals surface area contributed by atoms with Gasteiger partial charge in [-0.15, -0.1) is 0 Å². The molecule has 1 aliphatic heterocycles. The SMILES string of the molecule is Cc1cc(C)nc(Nc2nc(Nc3ccn4ccnc4c3)cc(N3CCCC(C)(C)C3)n2)c1. The van der Waals surface area contributed by atoms with Gasteiger partial charge in [0.05, 0.1) is 0 Å². The summed E-state index contributed by atoms with van der Waals surface area (Å²) in [5, 5.41) is 6.76. The van der Waals surface area contributed by atoms with Crippen LogP contribution in [0.4, 0.5) is 29.1 Å². The Morgan fingerprint density at radius 3 is 2.61 bits per heavy atom. The summed E-state index contributed by atoms with van der Waals surface area (Å²) in [6.45, 7) is 10.6. The fourth-order valence-electron chi connectivity index (χ4n) is 4.49. The van der Waals surface area contributed by atoms with Gasteiger partial charge in [0, 0.05) is 55.2 Å². The zero-order valence-corrected chi connectivity index (χ0v) is 19.6. The van der Waals surface area contributed by atoms with Crippen molar-refractivity contribution in [2.45, 2.75) is 40.5 Å². The molecule has 5 rings (SSSR count). The highest BCUT2D eigenvalue weighted by Gasteiger charge is 2.27. The van der Waals surface area contributed by atoms with Crippen LogP contribution in [0.5, 0.6) is 0 Å². The number of imidazole rings is 1. The van der Waals surface area contributed by atoms with Crippen molar-refractivity contribution < 1.29 is 0 Å². The largest absolute Gasteiger partial charge is 0.356 e. The van der Waals surface area contributed by atoms with Crippen LogP contribution in [0.25, 0.3) is 5.65 Å². The van der Waals surface area contributed by atoms with Gasteiger partial charge in [0.2, 0.25) is 5.95 Å². The molecule has 0 atom stereocenters. The number of pyridine rings is 2. The molecular formula is C25H30N8. The lowest BCUT2D eigenvalue weighted by Crippen LogP contribution is -2.40. The number of nitrogens with one attached hydrogen (secondary N) is 2. The quantitative estimate of drug-likeness (QED) is 0.437. The Morgan fingerprint density at radius 2 is 1.79 bits per heavy atom. The lowest BCUT2D eigenvalue weighted by atomic mass is 9.84. The number of nitrogens with zero attached hydrogens (tertiary/aromatic N) is 6. The molecule has 5 heterocycles. The van der Waals surface area contributed by atoms with Gasteiger partial charge in [0.15, 0.2) is 0 Å². The summed E-state index contributed by atoms with van der Waals surface area (Å²) in [6, 6.07) is 10.1. The van der Waals surface area contributed by atoms with Crippen molar-refractivity contribution in [3.63, 3.8) is 0 Å². The van der Waals surface area contributed by atoms with Gasteiger partial charge in [-0.05, 0) is 55.9 Å². The first-order valence-corrected chi connectivity index (χ1v) is 11.4. The van der Waals surface area contributed by atoms with E-state index in [4.69, 9.17) is 9.97 Å². The second kappa shape index (κ2) is 8.35. The van der Waals surface area contributed by atoms with Crippen molar-refractivity contribution >= 4 is 34.7 Å². The van der Waals surface area contributed by atoms with E-state index >= 15 is 0 Å². The summed E-state index contributed by atoms with van der Waals surface area (Å²) in [7, 11) is 0. The van der Waals surface area contributed by atoms with Crippen LogP contribution in [0.1, 0.15) is 37.9 Å². The zero-order chi connectivity index (χ0) is 23.0. The van der Waals surface area contributed by atoms with Crippen LogP contribution in [0.2, 0.25) is 0 Å². The van der Waals surface area contributed by atoms with Gasteiger partial charge in [0.1, 0.15) is 23.1 Å². The number of hydrogen-bond acceptors (Lipinski definition) is 7. The predicted octanol–water partition coefficient (Wildman–Crippen LogP) is 5.25. The van der Waals surface area contributed by atoms with Crippen LogP contribution >= 0.6 is 0 Å². The van der Waals surface area contributed by atoms with Crippen LogP contribution in [-0.4, -0.2) is 37.4 Å². The summed E-state index contributed by atoms with van der Waals surface area (Å²) in [5.74, 6) is 2.91. The first-order chi connectivity index (χ1) is 15.8. The lowest BCUT2D eigenvalue weighted by molar-refractivity contribution is 0.292. The van der Waals surface area contributed by atoms with Crippen molar-refractivity contribution in [2.24, 2.45) is 5.41 Å². The molecule has 0 aliphatic carbocycles. The Hall–Kier alpha value is -3.68. The highest BCUT2D eigenvalue weighted by atomic mass is 15.3. The molecular weight excluding hydrogens is 412 g/mol. The van der Waals surface area contributed by atoms with E-state index in [1.165, 1.54) is 6.42 Å². The second-order valence-electron chi connectivity index (χ2n) is 9.65. The van der Waals surface area contributed by atoms with E-state index < -0.39 is 0 Å². The first kappa shape index (κ1) is 21.2. The highest BCUT2D eigenvalue weighted by molar-refractivity contribution is 5.66. The molecule has 0 radical (unpaired) electrons. The molecule has 0 unspecified atom stereocenters. The molecule has 0 saturated carbocycles. The van der Waals surface area contributed by atoms with Gasteiger partial charge in [-0.25, -0.2) is 9.97 Å². The molecule has 1 fully saturated rings. The van der Waals surface area contributed by atoms with Gasteiger partial charge >= 0.3 is 0 Å². The highest BCUT2D eigenvalue weighted by Crippen LogP contribution is 2.32. The van der Waals surface area contributed by atoms with Crippen molar-refractivity contribution in [1.29, 1.82) is 0 Å². The monoisotopic (exact) mass is 442 g/mol. The summed E-state index contributed by atoms with van der Waals surface area (Å²) in [5.41, 5.74) is 4.16. The van der Waals surface area contributed by atoms with Crippen LogP contribution < -0.4 is 15.5 Å². The molecule has 1 saturated heterocycles. The molecule has 8 heteroatoms. The predicted molar refractivity (Wildman–Crippen MR) is 133 cm³/mol. The normalized spacial score (nSPS) is 15.6. The summed E-state index contributed by atoms with van der Waals surface area (Å²) >= 11 is 0. The maximum absolute atomic E-state index is 4.87. The van der Waals surface area contributed by atoms with E-state index in [1.807, 2.05) is 48.0 Å². The Bertz CT molecular complexity index is 1270. The molecule has 0 spiro atoms. The maximum atomic E-state index is 4.87. The summed E-state index contributed by atoms with van der Waals surface area (Å²) in [6.07, 6.45) is 8.08. The molecule has 170 valence electrons. The molecule has 33 heavy (non-hydrogen) atoms. The molecule has 2 N–H and O–H groups in total. The first-order valence-electron chi connectivity index (χ1n) is 11.4. The molecule has 0 amide bonds. The van der Waals surface area contributed by atoms with E-state index in [-0.39, 0.29) is 5.41 Å². The van der Waals surface area contributed by atoms with Crippen LogP contribution in [0.3, 0.4) is 0 Å². The molecule has 0 aromatic carbocycles. The summed E-state index contributed by atoms with van der Waals surface area (Å²) < 4.78 is 1.98. The Balaban J connectivity index is 1.50. The van der Waals surface area contributed by atoms with Gasteiger partial charge in [-0.3, -0.25) is 0 Å². The topological polar surface area (TPSA) is 83.3 Å². The minimum absolute atomic E-state index is 0.255. The fourth-order valence-corrected chi connectivity index (χ4v) is 4.49. The molecule has 1 aliphatic rings. The summed E-state index contributed by atoms with van der Waals surface area (Å²) in [4.78, 5) is 21.0. The third-order valence-corrected chi connectivity index (χ3v) is 5.95. The van der Waals surface area contributed by atoms with Crippen LogP contribution in [0, 0.1) is 19.3 Å². The van der Waals surface area contributed by atoms with E-state index in [9.17, 15) is 0 Å². The zero-order valence-electron chi connectivity index (χ0n) is 19.6. The minimum atomic E-state index is 0.255. The smallest absolute Gasteiger partial charge is 0.232 e. The fraction of sp³-hybridized carbons (Fsp3) is 0.360. The van der Waals surface area contributed by atoms with E-state index in [0.29, 0.717) is 5.95 Å². The number of aromatic nitrogens is 5. The van der Waals surface area contributed by atoms with Gasteiger partial charge in [-0.1, -0.05) is 13.8 Å². The number of rotatable bonds is 5. The average Bonchev–Trinajstić information content (AvgIpc) is 3.20. The third kappa shape index (κ3) is 4.89. The molecule has 0 bridgehead atoms. The maximum Gasteiger partial charge on any atom is 0.232 e. The second-order valence-corrected chi connectivity index (χ2v) is 9.65. The van der Waals surface area contributed by atoms with Gasteiger partial charge < -0.3 is 19.9 Å². The van der Waals surface area contributed by atoms with Crippen molar-refractivity contribution in [2.75, 3.05) is 28.6 Å². The van der Waals surface area contributed by atoms with Crippen molar-refractivity contribution in [1.82, 2.24) is 24.3 Å². The Morgan fingerprint density at radius 1 is 0.939 bits per heavy atom. The van der Waals surface area contributed by atoms with Crippen molar-refractivity contribution in [3.05, 3.63) is 60.2 Å². The number of fused-ring (bicyclic) bond motifs is 1. The van der Waals surface area contributed by atoms with E-state index in [0.717, 1.165) is 59.6 Å². The number of piperidine rings is 1. The third-order valence-electron chi connectivity index (χ3n) is 5.95. The number of aryl methyl sites for hydroxylation is 2. The van der Waals surface area contributed by atoms with Crippen molar-refractivity contribution in [3.8, 4) is 0 Å². The molecule has 8 nitrogen and oxygen atoms in total. The number of anilines is 5. The molecule has 4 aromatic rings. The average molecular weight is 443 g/mol. The standard InChI is InChI=1S/C25H30N8/c1-17-12-18(2)27-20(13-17)29-24-30-21(28-19-6-10-32-11-8-26-22(32)14-19)15-23(31-24)33-9-5-7-25(3,4)16-33/h6,8,10-15H,5,7,9,16H2,1-4H3,(H2,27,28,29,30,31).